The molecular formula is C17H11ClF3N7O2. The maximum Gasteiger partial charge on any atom is 0.471 e. The number of hydrogen-bond donors (Lipinski definition) is 0. The van der Waals surface area contributed by atoms with Gasteiger partial charge in [0.15, 0.2) is 11.6 Å². The Morgan fingerprint density at radius 3 is 2.83 bits per heavy atom. The molecule has 13 heteroatoms. The van der Waals surface area contributed by atoms with Crippen LogP contribution in [0.1, 0.15) is 17.4 Å². The highest BCUT2D eigenvalue weighted by atomic mass is 35.5. The normalized spacial score (nSPS) is 13.0. The molecule has 1 aliphatic heterocycles. The fraction of sp³-hybridized carbons (Fsp3) is 0.235. The molecular weight excluding hydrogens is 427 g/mol. The maximum absolute atomic E-state index is 12.9. The summed E-state index contributed by atoms with van der Waals surface area (Å²) in [6.07, 6.45) is -3.27. The van der Waals surface area contributed by atoms with Crippen LogP contribution in [0.15, 0.2) is 29.0 Å². The summed E-state index contributed by atoms with van der Waals surface area (Å²) < 4.78 is 51.8. The lowest BCUT2D eigenvalue weighted by atomic mass is 10.1. The molecule has 0 atom stereocenters. The number of benzene rings is 1. The van der Waals surface area contributed by atoms with E-state index in [-0.39, 0.29) is 24.7 Å². The fourth-order valence-corrected chi connectivity index (χ4v) is 3.51. The Balaban J connectivity index is 1.73. The van der Waals surface area contributed by atoms with E-state index in [0.29, 0.717) is 33.6 Å². The van der Waals surface area contributed by atoms with E-state index in [1.807, 2.05) is 0 Å². The van der Waals surface area contributed by atoms with Crippen molar-refractivity contribution >= 4 is 11.6 Å². The lowest BCUT2D eigenvalue weighted by Crippen LogP contribution is -2.09. The van der Waals surface area contributed by atoms with Crippen molar-refractivity contribution in [3.63, 3.8) is 0 Å². The Bertz CT molecular complexity index is 1260. The first-order valence-corrected chi connectivity index (χ1v) is 8.93. The summed E-state index contributed by atoms with van der Waals surface area (Å²) in [5.41, 5.74) is 2.05. The zero-order chi connectivity index (χ0) is 21.0. The number of methoxy groups -OCH3 is 1. The van der Waals surface area contributed by atoms with Crippen LogP contribution in [-0.2, 0) is 24.1 Å². The molecule has 0 bridgehead atoms. The van der Waals surface area contributed by atoms with E-state index >= 15 is 0 Å². The number of rotatable bonds is 3. The second-order valence-corrected chi connectivity index (χ2v) is 6.89. The molecule has 30 heavy (non-hydrogen) atoms. The van der Waals surface area contributed by atoms with Gasteiger partial charge in [-0.25, -0.2) is 4.98 Å². The minimum absolute atomic E-state index is 0.153. The van der Waals surface area contributed by atoms with E-state index in [1.165, 1.54) is 13.4 Å². The molecule has 0 saturated carbocycles. The Kier molecular flexibility index (Phi) is 4.15. The molecule has 5 rings (SSSR count). The number of alkyl halides is 3. The van der Waals surface area contributed by atoms with Crippen molar-refractivity contribution in [3.8, 4) is 28.6 Å². The molecule has 0 aliphatic carbocycles. The standard InChI is InChI=1S/C17H11ClF3N7O2/c1-29-6-12-24-25-15-9-4-8(18)2-3-10(9)28-7-22-13(11(28)5-27(12)15)14-23-16(30-26-14)17(19,20)21/h2-4,7H,5-6H2,1H3. The van der Waals surface area contributed by atoms with Crippen molar-refractivity contribution in [3.05, 3.63) is 47.0 Å². The van der Waals surface area contributed by atoms with Crippen molar-refractivity contribution in [1.29, 1.82) is 0 Å². The minimum Gasteiger partial charge on any atom is -0.377 e. The van der Waals surface area contributed by atoms with Crippen molar-refractivity contribution in [1.82, 2.24) is 34.5 Å². The highest BCUT2D eigenvalue weighted by molar-refractivity contribution is 6.31. The minimum atomic E-state index is -4.75. The molecule has 154 valence electrons. The predicted octanol–water partition coefficient (Wildman–Crippen LogP) is 3.36. The molecule has 3 aromatic heterocycles. The number of imidazole rings is 1. The van der Waals surface area contributed by atoms with Crippen LogP contribution in [0.3, 0.4) is 0 Å². The number of hydrogen-bond acceptors (Lipinski definition) is 7. The van der Waals surface area contributed by atoms with Gasteiger partial charge in [-0.05, 0) is 18.2 Å². The molecule has 4 heterocycles. The molecule has 9 nitrogen and oxygen atoms in total. The summed E-state index contributed by atoms with van der Waals surface area (Å²) in [5.74, 6) is -0.636. The topological polar surface area (TPSA) is 96.7 Å². The van der Waals surface area contributed by atoms with Crippen LogP contribution in [0, 0.1) is 0 Å². The van der Waals surface area contributed by atoms with E-state index in [0.717, 1.165) is 0 Å². The van der Waals surface area contributed by atoms with E-state index in [1.54, 1.807) is 27.3 Å². The van der Waals surface area contributed by atoms with Gasteiger partial charge in [-0.1, -0.05) is 16.8 Å². The second-order valence-electron chi connectivity index (χ2n) is 6.45. The molecule has 0 amide bonds. The summed E-state index contributed by atoms with van der Waals surface area (Å²) in [5, 5.41) is 12.4. The SMILES string of the molecule is COCc1nnc2n1Cc1c(-c3noc(C(F)(F)F)n3)ncn1-c1ccc(Cl)cc1-2. The third kappa shape index (κ3) is 2.87. The average molecular weight is 438 g/mol. The van der Waals surface area contributed by atoms with Gasteiger partial charge in [-0.2, -0.15) is 18.2 Å². The van der Waals surface area contributed by atoms with Crippen LogP contribution in [-0.4, -0.2) is 41.6 Å². The molecule has 0 saturated heterocycles. The zero-order valence-electron chi connectivity index (χ0n) is 15.2. The number of aromatic nitrogens is 7. The van der Waals surface area contributed by atoms with E-state index < -0.39 is 12.1 Å². The fourth-order valence-electron chi connectivity index (χ4n) is 3.34. The van der Waals surface area contributed by atoms with Crippen molar-refractivity contribution in [2.45, 2.75) is 19.3 Å². The van der Waals surface area contributed by atoms with Gasteiger partial charge in [0.2, 0.25) is 5.82 Å². The summed E-state index contributed by atoms with van der Waals surface area (Å²) in [4.78, 5) is 7.72. The Hall–Kier alpha value is -3.25. The number of halogens is 4. The molecule has 1 aliphatic rings. The van der Waals surface area contributed by atoms with Gasteiger partial charge in [0.1, 0.15) is 18.6 Å². The molecule has 0 spiro atoms. The highest BCUT2D eigenvalue weighted by Crippen LogP contribution is 2.36. The summed E-state index contributed by atoms with van der Waals surface area (Å²) in [6, 6.07) is 5.20. The first-order valence-electron chi connectivity index (χ1n) is 8.55. The monoisotopic (exact) mass is 437 g/mol. The first kappa shape index (κ1) is 18.8. The molecule has 4 aromatic rings. The Morgan fingerprint density at radius 2 is 2.10 bits per heavy atom. The van der Waals surface area contributed by atoms with Crippen molar-refractivity contribution in [2.75, 3.05) is 7.11 Å². The molecule has 1 aromatic carbocycles. The van der Waals surface area contributed by atoms with Crippen molar-refractivity contribution in [2.24, 2.45) is 0 Å². The third-order valence-electron chi connectivity index (χ3n) is 4.61. The van der Waals surface area contributed by atoms with Crippen LogP contribution >= 0.6 is 11.6 Å². The molecule has 0 radical (unpaired) electrons. The summed E-state index contributed by atoms with van der Waals surface area (Å²) in [7, 11) is 1.52. The van der Waals surface area contributed by atoms with E-state index in [9.17, 15) is 13.2 Å². The van der Waals surface area contributed by atoms with Gasteiger partial charge in [-0.3, -0.25) is 4.57 Å². The maximum atomic E-state index is 12.9. The van der Waals surface area contributed by atoms with Gasteiger partial charge in [0.25, 0.3) is 0 Å². The van der Waals surface area contributed by atoms with Crippen LogP contribution in [0.2, 0.25) is 5.02 Å². The lowest BCUT2D eigenvalue weighted by Gasteiger charge is -2.08. The van der Waals surface area contributed by atoms with Crippen LogP contribution in [0.25, 0.3) is 28.6 Å². The Labute approximate surface area is 171 Å². The van der Waals surface area contributed by atoms with Gasteiger partial charge >= 0.3 is 12.1 Å². The van der Waals surface area contributed by atoms with E-state index in [2.05, 4.69) is 29.8 Å². The molecule has 0 fully saturated rings. The lowest BCUT2D eigenvalue weighted by molar-refractivity contribution is -0.159. The van der Waals surface area contributed by atoms with Crippen LogP contribution in [0.4, 0.5) is 13.2 Å². The largest absolute Gasteiger partial charge is 0.471 e. The average Bonchev–Trinajstić information content (AvgIpc) is 3.40. The number of nitrogens with zero attached hydrogens (tertiary/aromatic N) is 7. The quantitative estimate of drug-likeness (QED) is 0.427. The van der Waals surface area contributed by atoms with E-state index in [4.69, 9.17) is 16.3 Å². The highest BCUT2D eigenvalue weighted by Gasteiger charge is 2.39. The first-order chi connectivity index (χ1) is 14.4. The van der Waals surface area contributed by atoms with Gasteiger partial charge in [0, 0.05) is 17.7 Å². The second kappa shape index (κ2) is 6.64. The van der Waals surface area contributed by atoms with Gasteiger partial charge in [-0.15, -0.1) is 10.2 Å². The smallest absolute Gasteiger partial charge is 0.377 e. The van der Waals surface area contributed by atoms with Crippen molar-refractivity contribution < 1.29 is 22.4 Å². The summed E-state index contributed by atoms with van der Waals surface area (Å²) in [6.45, 7) is 0.380. The van der Waals surface area contributed by atoms with Gasteiger partial charge < -0.3 is 13.8 Å². The zero-order valence-corrected chi connectivity index (χ0v) is 15.9. The third-order valence-corrected chi connectivity index (χ3v) is 4.85. The predicted molar refractivity (Wildman–Crippen MR) is 95.7 cm³/mol. The van der Waals surface area contributed by atoms with Gasteiger partial charge in [0.05, 0.1) is 17.9 Å². The van der Waals surface area contributed by atoms with Crippen LogP contribution < -0.4 is 0 Å². The molecule has 0 unspecified atom stereocenters. The number of fused-ring (bicyclic) bond motifs is 5. The molecule has 0 N–H and O–H groups in total. The Morgan fingerprint density at radius 1 is 1.27 bits per heavy atom. The number of ether oxygens (including phenoxy) is 1. The summed E-state index contributed by atoms with van der Waals surface area (Å²) >= 11 is 6.19. The van der Waals surface area contributed by atoms with Crippen LogP contribution in [0.5, 0.6) is 0 Å².